The van der Waals surface area contributed by atoms with E-state index in [2.05, 4.69) is 23.3 Å². The molecule has 23 heavy (non-hydrogen) atoms. The van der Waals surface area contributed by atoms with E-state index in [0.717, 1.165) is 17.8 Å². The highest BCUT2D eigenvalue weighted by atomic mass is 16.1. The molecule has 0 atom stereocenters. The molecular formula is C19H25N3O. The highest BCUT2D eigenvalue weighted by Gasteiger charge is 2.11. The van der Waals surface area contributed by atoms with E-state index in [4.69, 9.17) is 5.73 Å². The molecule has 0 radical (unpaired) electrons. The Balaban J connectivity index is 2.00. The maximum Gasteiger partial charge on any atom is 0.259 e. The zero-order valence-electron chi connectivity index (χ0n) is 13.9. The van der Waals surface area contributed by atoms with Gasteiger partial charge in [0.1, 0.15) is 5.82 Å². The van der Waals surface area contributed by atoms with Crippen LogP contribution in [0, 0.1) is 6.92 Å². The molecule has 1 amide bonds. The van der Waals surface area contributed by atoms with Crippen molar-refractivity contribution in [3.05, 3.63) is 53.2 Å². The first kappa shape index (κ1) is 17.0. The third-order valence-electron chi connectivity index (χ3n) is 3.81. The summed E-state index contributed by atoms with van der Waals surface area (Å²) < 4.78 is 0. The number of anilines is 2. The SMILES string of the molecule is CCCCCCc1cccc(NC(=O)c2ccc(C)nc2N)c1. The number of carbonyl (C=O) groups excluding carboxylic acids is 1. The Labute approximate surface area is 138 Å². The lowest BCUT2D eigenvalue weighted by Crippen LogP contribution is -2.15. The van der Waals surface area contributed by atoms with Crippen LogP contribution in [0.25, 0.3) is 0 Å². The van der Waals surface area contributed by atoms with Gasteiger partial charge in [0.05, 0.1) is 5.56 Å². The summed E-state index contributed by atoms with van der Waals surface area (Å²) >= 11 is 0. The fraction of sp³-hybridized carbons (Fsp3) is 0.368. The number of rotatable bonds is 7. The van der Waals surface area contributed by atoms with Crippen molar-refractivity contribution in [2.45, 2.75) is 46.0 Å². The van der Waals surface area contributed by atoms with E-state index in [1.54, 1.807) is 12.1 Å². The summed E-state index contributed by atoms with van der Waals surface area (Å²) in [6, 6.07) is 11.5. The van der Waals surface area contributed by atoms with Gasteiger partial charge in [-0.1, -0.05) is 38.3 Å². The zero-order chi connectivity index (χ0) is 16.7. The largest absolute Gasteiger partial charge is 0.383 e. The number of aromatic nitrogens is 1. The Morgan fingerprint density at radius 2 is 2.00 bits per heavy atom. The average molecular weight is 311 g/mol. The van der Waals surface area contributed by atoms with Crippen LogP contribution in [0.3, 0.4) is 0 Å². The van der Waals surface area contributed by atoms with Crippen molar-refractivity contribution < 1.29 is 4.79 Å². The van der Waals surface area contributed by atoms with Crippen LogP contribution in [0.4, 0.5) is 11.5 Å². The lowest BCUT2D eigenvalue weighted by Gasteiger charge is -2.09. The summed E-state index contributed by atoms with van der Waals surface area (Å²) in [6.45, 7) is 4.06. The lowest BCUT2D eigenvalue weighted by atomic mass is 10.1. The second kappa shape index (κ2) is 8.32. The van der Waals surface area contributed by atoms with Crippen molar-refractivity contribution in [3.8, 4) is 0 Å². The zero-order valence-corrected chi connectivity index (χ0v) is 13.9. The molecule has 0 saturated carbocycles. The highest BCUT2D eigenvalue weighted by Crippen LogP contribution is 2.16. The van der Waals surface area contributed by atoms with Crippen molar-refractivity contribution >= 4 is 17.4 Å². The normalized spacial score (nSPS) is 10.5. The summed E-state index contributed by atoms with van der Waals surface area (Å²) in [7, 11) is 0. The Hall–Kier alpha value is -2.36. The second-order valence-electron chi connectivity index (χ2n) is 5.85. The van der Waals surface area contributed by atoms with E-state index < -0.39 is 0 Å². The van der Waals surface area contributed by atoms with Crippen molar-refractivity contribution in [1.29, 1.82) is 0 Å². The van der Waals surface area contributed by atoms with Gasteiger partial charge in [-0.3, -0.25) is 4.79 Å². The molecular weight excluding hydrogens is 286 g/mol. The van der Waals surface area contributed by atoms with Crippen molar-refractivity contribution in [2.24, 2.45) is 0 Å². The van der Waals surface area contributed by atoms with Crippen LogP contribution in [-0.2, 0) is 6.42 Å². The molecule has 0 aliphatic carbocycles. The predicted octanol–water partition coefficient (Wildman–Crippen LogP) is 4.35. The first-order valence-corrected chi connectivity index (χ1v) is 8.23. The molecule has 1 heterocycles. The topological polar surface area (TPSA) is 68.0 Å². The molecule has 3 N–H and O–H groups in total. The second-order valence-corrected chi connectivity index (χ2v) is 5.85. The molecule has 2 aromatic rings. The third kappa shape index (κ3) is 5.09. The number of hydrogen-bond acceptors (Lipinski definition) is 3. The number of nitrogens with one attached hydrogen (secondary N) is 1. The number of pyridine rings is 1. The van der Waals surface area contributed by atoms with Crippen LogP contribution in [0.1, 0.15) is 54.2 Å². The summed E-state index contributed by atoms with van der Waals surface area (Å²) in [5.41, 5.74) is 9.07. The summed E-state index contributed by atoms with van der Waals surface area (Å²) in [4.78, 5) is 16.5. The van der Waals surface area contributed by atoms with E-state index in [1.165, 1.54) is 31.2 Å². The number of unbranched alkanes of at least 4 members (excludes halogenated alkanes) is 3. The van der Waals surface area contributed by atoms with Crippen molar-refractivity contribution in [2.75, 3.05) is 11.1 Å². The standard InChI is InChI=1S/C19H25N3O/c1-3-4-5-6-8-15-9-7-10-16(13-15)22-19(23)17-12-11-14(2)21-18(17)20/h7,9-13H,3-6,8H2,1-2H3,(H2,20,21)(H,22,23). The van der Waals surface area contributed by atoms with Gasteiger partial charge in [-0.05, 0) is 49.6 Å². The molecule has 0 fully saturated rings. The molecule has 1 aromatic carbocycles. The van der Waals surface area contributed by atoms with Gasteiger partial charge in [0.25, 0.3) is 5.91 Å². The quantitative estimate of drug-likeness (QED) is 0.747. The van der Waals surface area contributed by atoms with Crippen LogP contribution in [0.5, 0.6) is 0 Å². The molecule has 0 aliphatic heterocycles. The Morgan fingerprint density at radius 3 is 2.74 bits per heavy atom. The summed E-state index contributed by atoms with van der Waals surface area (Å²) in [6.07, 6.45) is 5.98. The molecule has 0 aliphatic rings. The Kier molecular flexibility index (Phi) is 6.15. The smallest absolute Gasteiger partial charge is 0.259 e. The molecule has 0 bridgehead atoms. The number of nitrogens with zero attached hydrogens (tertiary/aromatic N) is 1. The first-order chi connectivity index (χ1) is 11.1. The average Bonchev–Trinajstić information content (AvgIpc) is 2.52. The van der Waals surface area contributed by atoms with Gasteiger partial charge in [-0.15, -0.1) is 0 Å². The van der Waals surface area contributed by atoms with Gasteiger partial charge in [0.2, 0.25) is 0 Å². The molecule has 4 heteroatoms. The van der Waals surface area contributed by atoms with E-state index in [9.17, 15) is 4.79 Å². The monoisotopic (exact) mass is 311 g/mol. The van der Waals surface area contributed by atoms with Crippen LogP contribution >= 0.6 is 0 Å². The van der Waals surface area contributed by atoms with Crippen LogP contribution in [0.2, 0.25) is 0 Å². The first-order valence-electron chi connectivity index (χ1n) is 8.23. The van der Waals surface area contributed by atoms with Crippen LogP contribution in [-0.4, -0.2) is 10.9 Å². The van der Waals surface area contributed by atoms with Gasteiger partial charge in [-0.2, -0.15) is 0 Å². The van der Waals surface area contributed by atoms with Crippen LogP contribution in [0.15, 0.2) is 36.4 Å². The van der Waals surface area contributed by atoms with Crippen molar-refractivity contribution in [3.63, 3.8) is 0 Å². The van der Waals surface area contributed by atoms with E-state index in [-0.39, 0.29) is 11.7 Å². The van der Waals surface area contributed by atoms with E-state index >= 15 is 0 Å². The minimum absolute atomic E-state index is 0.224. The van der Waals surface area contributed by atoms with Gasteiger partial charge in [0, 0.05) is 11.4 Å². The molecule has 4 nitrogen and oxygen atoms in total. The Morgan fingerprint density at radius 1 is 1.17 bits per heavy atom. The minimum atomic E-state index is -0.224. The number of amides is 1. The Bertz CT molecular complexity index is 667. The molecule has 0 unspecified atom stereocenters. The predicted molar refractivity (Wildman–Crippen MR) is 95.6 cm³/mol. The fourth-order valence-corrected chi connectivity index (χ4v) is 2.53. The third-order valence-corrected chi connectivity index (χ3v) is 3.81. The van der Waals surface area contributed by atoms with Gasteiger partial charge in [0.15, 0.2) is 0 Å². The number of carbonyl (C=O) groups is 1. The number of benzene rings is 1. The highest BCUT2D eigenvalue weighted by molar-refractivity contribution is 6.07. The lowest BCUT2D eigenvalue weighted by molar-refractivity contribution is 0.102. The molecule has 0 spiro atoms. The van der Waals surface area contributed by atoms with E-state index in [1.807, 2.05) is 25.1 Å². The number of nitrogens with two attached hydrogens (primary N) is 1. The van der Waals surface area contributed by atoms with Crippen molar-refractivity contribution in [1.82, 2.24) is 4.98 Å². The molecule has 122 valence electrons. The molecule has 0 saturated heterocycles. The number of hydrogen-bond donors (Lipinski definition) is 2. The molecule has 1 aromatic heterocycles. The maximum absolute atomic E-state index is 12.3. The summed E-state index contributed by atoms with van der Waals surface area (Å²) in [5.74, 6) is 0.0383. The van der Waals surface area contributed by atoms with E-state index in [0.29, 0.717) is 5.56 Å². The number of nitrogen functional groups attached to an aromatic ring is 1. The van der Waals surface area contributed by atoms with Gasteiger partial charge < -0.3 is 11.1 Å². The number of aryl methyl sites for hydroxylation is 2. The van der Waals surface area contributed by atoms with Gasteiger partial charge >= 0.3 is 0 Å². The van der Waals surface area contributed by atoms with Gasteiger partial charge in [-0.25, -0.2) is 4.98 Å². The minimum Gasteiger partial charge on any atom is -0.383 e. The summed E-state index contributed by atoms with van der Waals surface area (Å²) in [5, 5.41) is 2.90. The fourth-order valence-electron chi connectivity index (χ4n) is 2.53. The molecule has 2 rings (SSSR count). The van der Waals surface area contributed by atoms with Crippen LogP contribution < -0.4 is 11.1 Å². The maximum atomic E-state index is 12.3.